The number of ether oxygens (including phenoxy) is 3. The van der Waals surface area contributed by atoms with Crippen molar-refractivity contribution < 1.29 is 27.8 Å². The van der Waals surface area contributed by atoms with E-state index in [0.29, 0.717) is 35.3 Å². The molecule has 0 saturated carbocycles. The summed E-state index contributed by atoms with van der Waals surface area (Å²) < 4.78 is 40.5. The van der Waals surface area contributed by atoms with E-state index in [0.717, 1.165) is 17.5 Å². The Hall–Kier alpha value is -3.30. The fraction of sp³-hybridized carbons (Fsp3) is 0.261. The second-order valence-corrected chi connectivity index (χ2v) is 9.41. The van der Waals surface area contributed by atoms with E-state index in [4.69, 9.17) is 19.4 Å². The number of sulfone groups is 1. The lowest BCUT2D eigenvalue weighted by atomic mass is 10.1. The van der Waals surface area contributed by atoms with Gasteiger partial charge in [-0.3, -0.25) is 0 Å². The summed E-state index contributed by atoms with van der Waals surface area (Å²) in [7, 11) is -1.68. The smallest absolute Gasteiger partial charge is 0.175 e. The highest BCUT2D eigenvalue weighted by Gasteiger charge is 2.12. The van der Waals surface area contributed by atoms with Crippen LogP contribution in [0.15, 0.2) is 64.6 Å². The van der Waals surface area contributed by atoms with Gasteiger partial charge in [0.15, 0.2) is 9.84 Å². The van der Waals surface area contributed by atoms with Gasteiger partial charge < -0.3 is 24.4 Å². The topological polar surface area (TPSA) is 110 Å². The third-order valence-corrected chi connectivity index (χ3v) is 5.77. The number of aromatic amines is 1. The number of nitrogens with zero attached hydrogens (tertiary/aromatic N) is 1. The van der Waals surface area contributed by atoms with Crippen LogP contribution in [0.1, 0.15) is 19.5 Å². The molecule has 0 amide bonds. The summed E-state index contributed by atoms with van der Waals surface area (Å²) in [4.78, 5) is 3.43. The number of nitrogens with one attached hydrogen (secondary N) is 1. The van der Waals surface area contributed by atoms with Crippen molar-refractivity contribution >= 4 is 15.5 Å². The molecule has 0 aliphatic heterocycles. The molecule has 9 heteroatoms. The van der Waals surface area contributed by atoms with Crippen molar-refractivity contribution in [2.75, 3.05) is 20.0 Å². The Morgan fingerprint density at radius 1 is 1.06 bits per heavy atom. The number of methoxy groups -OCH3 is 1. The van der Waals surface area contributed by atoms with Gasteiger partial charge in [-0.2, -0.15) is 0 Å². The van der Waals surface area contributed by atoms with E-state index in [1.54, 1.807) is 32.2 Å². The third kappa shape index (κ3) is 5.89. The van der Waals surface area contributed by atoms with Crippen LogP contribution in [0.5, 0.6) is 17.2 Å². The molecule has 1 aromatic heterocycles. The van der Waals surface area contributed by atoms with Crippen molar-refractivity contribution in [1.29, 1.82) is 0 Å². The fourth-order valence-electron chi connectivity index (χ4n) is 3.07. The maximum absolute atomic E-state index is 11.7. The molecule has 0 saturated heterocycles. The van der Waals surface area contributed by atoms with Crippen LogP contribution >= 0.6 is 0 Å². The number of H-pyrrole nitrogens is 1. The second-order valence-electron chi connectivity index (χ2n) is 7.39. The van der Waals surface area contributed by atoms with E-state index in [1.165, 1.54) is 12.1 Å². The van der Waals surface area contributed by atoms with Gasteiger partial charge in [0.25, 0.3) is 0 Å². The lowest BCUT2D eigenvalue weighted by molar-refractivity contribution is 0.0920. The number of oxime groups is 1. The van der Waals surface area contributed by atoms with E-state index < -0.39 is 9.84 Å². The average molecular weight is 459 g/mol. The highest BCUT2D eigenvalue weighted by Crippen LogP contribution is 2.33. The van der Waals surface area contributed by atoms with Crippen LogP contribution in [0.3, 0.4) is 0 Å². The first-order chi connectivity index (χ1) is 15.2. The summed E-state index contributed by atoms with van der Waals surface area (Å²) in [6, 6.07) is 15.3. The number of aromatic nitrogens is 1. The van der Waals surface area contributed by atoms with Crippen LogP contribution in [0.4, 0.5) is 0 Å². The molecule has 2 aromatic carbocycles. The minimum atomic E-state index is -3.29. The van der Waals surface area contributed by atoms with Gasteiger partial charge in [0.2, 0.25) is 0 Å². The first kappa shape index (κ1) is 23.4. The van der Waals surface area contributed by atoms with Crippen LogP contribution in [-0.2, 0) is 14.6 Å². The molecular formula is C23H26N2O6S. The molecule has 32 heavy (non-hydrogen) atoms. The number of hydrogen-bond acceptors (Lipinski definition) is 7. The van der Waals surface area contributed by atoms with Crippen LogP contribution in [0.2, 0.25) is 0 Å². The normalized spacial score (nSPS) is 13.1. The molecule has 0 radical (unpaired) electrons. The van der Waals surface area contributed by atoms with Crippen LogP contribution in [0.25, 0.3) is 11.3 Å². The molecule has 3 aromatic rings. The van der Waals surface area contributed by atoms with Crippen LogP contribution < -0.4 is 9.47 Å². The Labute approximate surface area is 187 Å². The van der Waals surface area contributed by atoms with E-state index in [-0.39, 0.29) is 11.0 Å². The monoisotopic (exact) mass is 458 g/mol. The van der Waals surface area contributed by atoms with Gasteiger partial charge in [0.05, 0.1) is 22.9 Å². The molecule has 1 atom stereocenters. The zero-order valence-electron chi connectivity index (χ0n) is 18.3. The predicted octanol–water partition coefficient (Wildman–Crippen LogP) is 4.49. The van der Waals surface area contributed by atoms with Crippen molar-refractivity contribution in [2.45, 2.75) is 24.8 Å². The Kier molecular flexibility index (Phi) is 7.22. The van der Waals surface area contributed by atoms with Gasteiger partial charge in [-0.25, -0.2) is 8.42 Å². The second kappa shape index (κ2) is 9.88. The molecule has 0 aliphatic rings. The van der Waals surface area contributed by atoms with Crippen LogP contribution in [0, 0.1) is 0 Å². The van der Waals surface area contributed by atoms with Gasteiger partial charge in [0.1, 0.15) is 23.4 Å². The van der Waals surface area contributed by atoms with Crippen molar-refractivity contribution in [3.05, 3.63) is 60.3 Å². The number of benzene rings is 2. The van der Waals surface area contributed by atoms with E-state index in [1.807, 2.05) is 31.2 Å². The van der Waals surface area contributed by atoms with Crippen molar-refractivity contribution in [2.24, 2.45) is 5.16 Å². The van der Waals surface area contributed by atoms with Crippen molar-refractivity contribution in [1.82, 2.24) is 4.98 Å². The maximum atomic E-state index is 11.7. The SMILES string of the molecule is COC[C@H](C)Oc1cc(Oc2ccc(S(C)(=O)=O)cc2)cc(-c2ccc(/C(C)=N\O)[nH]2)c1. The molecule has 2 N–H and O–H groups in total. The zero-order chi connectivity index (χ0) is 23.3. The molecule has 0 aliphatic carbocycles. The van der Waals surface area contributed by atoms with Gasteiger partial charge >= 0.3 is 0 Å². The number of rotatable bonds is 9. The third-order valence-electron chi connectivity index (χ3n) is 4.64. The first-order valence-corrected chi connectivity index (χ1v) is 11.8. The molecule has 0 fully saturated rings. The lowest BCUT2D eigenvalue weighted by Crippen LogP contribution is -2.17. The fourth-order valence-corrected chi connectivity index (χ4v) is 3.71. The van der Waals surface area contributed by atoms with Gasteiger partial charge in [-0.05, 0) is 62.4 Å². The molecule has 0 spiro atoms. The molecular weight excluding hydrogens is 432 g/mol. The zero-order valence-corrected chi connectivity index (χ0v) is 19.1. The van der Waals surface area contributed by atoms with Gasteiger partial charge in [0, 0.05) is 30.7 Å². The summed E-state index contributed by atoms with van der Waals surface area (Å²) in [5, 5.41) is 12.2. The van der Waals surface area contributed by atoms with E-state index >= 15 is 0 Å². The molecule has 170 valence electrons. The Balaban J connectivity index is 1.95. The van der Waals surface area contributed by atoms with Crippen molar-refractivity contribution in [3.8, 4) is 28.5 Å². The molecule has 0 unspecified atom stereocenters. The molecule has 0 bridgehead atoms. The van der Waals surface area contributed by atoms with Crippen LogP contribution in [-0.4, -0.2) is 50.4 Å². The van der Waals surface area contributed by atoms with Gasteiger partial charge in [-0.15, -0.1) is 0 Å². The average Bonchev–Trinajstić information content (AvgIpc) is 3.23. The highest BCUT2D eigenvalue weighted by molar-refractivity contribution is 7.90. The van der Waals surface area contributed by atoms with E-state index in [9.17, 15) is 8.42 Å². The summed E-state index contributed by atoms with van der Waals surface area (Å²) in [6.45, 7) is 4.01. The summed E-state index contributed by atoms with van der Waals surface area (Å²) in [6.07, 6.45) is 0.977. The number of hydrogen-bond donors (Lipinski definition) is 2. The minimum Gasteiger partial charge on any atom is -0.488 e. The highest BCUT2D eigenvalue weighted by atomic mass is 32.2. The van der Waals surface area contributed by atoms with E-state index in [2.05, 4.69) is 10.1 Å². The molecule has 3 rings (SSSR count). The Morgan fingerprint density at radius 2 is 1.75 bits per heavy atom. The maximum Gasteiger partial charge on any atom is 0.175 e. The van der Waals surface area contributed by atoms with Gasteiger partial charge in [-0.1, -0.05) is 5.16 Å². The minimum absolute atomic E-state index is 0.180. The summed E-state index contributed by atoms with van der Waals surface area (Å²) in [5.41, 5.74) is 2.72. The first-order valence-electron chi connectivity index (χ1n) is 9.86. The van der Waals surface area contributed by atoms with Crippen molar-refractivity contribution in [3.63, 3.8) is 0 Å². The molecule has 8 nitrogen and oxygen atoms in total. The standard InChI is InChI=1S/C23H26N2O6S/c1-15(14-29-3)30-19-11-17(23-10-9-22(24-23)16(2)25-26)12-20(13-19)31-18-5-7-21(8-6-18)32(4,27)28/h5-13,15,24,26H,14H2,1-4H3/b25-16-/t15-/m0/s1. The summed E-state index contributed by atoms with van der Waals surface area (Å²) >= 11 is 0. The predicted molar refractivity (Wildman–Crippen MR) is 122 cm³/mol. The Bertz CT molecular complexity index is 1200. The molecule has 1 heterocycles. The largest absolute Gasteiger partial charge is 0.488 e. The summed E-state index contributed by atoms with van der Waals surface area (Å²) in [5.74, 6) is 1.58. The quantitative estimate of drug-likeness (QED) is 0.278. The Morgan fingerprint density at radius 3 is 2.38 bits per heavy atom. The lowest BCUT2D eigenvalue weighted by Gasteiger charge is -2.16.